The highest BCUT2D eigenvalue weighted by molar-refractivity contribution is 6.27. The molecule has 0 heterocycles. The van der Waals surface area contributed by atoms with Crippen molar-refractivity contribution in [2.75, 3.05) is 27.2 Å². The van der Waals surface area contributed by atoms with E-state index >= 15 is 0 Å². The molecule has 0 aliphatic heterocycles. The Kier molecular flexibility index (Phi) is 9.46. The molecular weight excluding hydrogens is 476 g/mol. The maximum Gasteiger partial charge on any atom is 0.414 e. The summed E-state index contributed by atoms with van der Waals surface area (Å²) in [7, 11) is 4.04. The van der Waals surface area contributed by atoms with E-state index in [9.17, 15) is 10.2 Å². The molecule has 8 atom stereocenters. The van der Waals surface area contributed by atoms with E-state index in [4.69, 9.17) is 24.6 Å². The molecule has 0 spiro atoms. The first-order valence-electron chi connectivity index (χ1n) is 13.7. The number of hydrogen-bond acceptors (Lipinski definition) is 7. The molecular formula is C28H46N2O7. The highest BCUT2D eigenvalue weighted by Crippen LogP contribution is 2.69. The van der Waals surface area contributed by atoms with Crippen molar-refractivity contribution in [3.8, 4) is 0 Å². The maximum absolute atomic E-state index is 12.2. The third-order valence-electron chi connectivity index (χ3n) is 10.3. The number of aliphatic hydroxyl groups excluding tert-OH is 1. The third kappa shape index (κ3) is 6.04. The van der Waals surface area contributed by atoms with Gasteiger partial charge in [-0.1, -0.05) is 25.1 Å². The first-order valence-corrected chi connectivity index (χ1v) is 13.7. The van der Waals surface area contributed by atoms with Crippen molar-refractivity contribution < 1.29 is 34.9 Å². The van der Waals surface area contributed by atoms with Gasteiger partial charge in [0.25, 0.3) is 0 Å². The van der Waals surface area contributed by atoms with Gasteiger partial charge in [0.2, 0.25) is 0 Å². The molecule has 0 aromatic carbocycles. The smallest absolute Gasteiger partial charge is 0.414 e. The van der Waals surface area contributed by atoms with E-state index in [1.165, 1.54) is 12.8 Å². The van der Waals surface area contributed by atoms with Crippen LogP contribution in [-0.4, -0.2) is 82.4 Å². The number of allylic oxidation sites excluding steroid dienone is 2. The van der Waals surface area contributed by atoms with E-state index in [2.05, 4.69) is 30.0 Å². The number of rotatable bonds is 6. The predicted octanol–water partition coefficient (Wildman–Crippen LogP) is 3.40. The van der Waals surface area contributed by atoms with Crippen molar-refractivity contribution >= 4 is 18.2 Å². The van der Waals surface area contributed by atoms with Gasteiger partial charge in [0.15, 0.2) is 0 Å². The van der Waals surface area contributed by atoms with E-state index in [-0.39, 0.29) is 11.5 Å². The fraction of sp³-hybridized carbons (Fsp3) is 0.821. The summed E-state index contributed by atoms with van der Waals surface area (Å²) >= 11 is 0. The first-order chi connectivity index (χ1) is 17.3. The van der Waals surface area contributed by atoms with Crippen LogP contribution >= 0.6 is 0 Å². The van der Waals surface area contributed by atoms with E-state index in [1.807, 2.05) is 20.2 Å². The highest BCUT2D eigenvalue weighted by Gasteiger charge is 2.66. The van der Waals surface area contributed by atoms with E-state index < -0.39 is 17.5 Å². The number of fused-ring (bicyclic) bond motifs is 5. The molecule has 37 heavy (non-hydrogen) atoms. The lowest BCUT2D eigenvalue weighted by Crippen LogP contribution is -2.62. The zero-order valence-corrected chi connectivity index (χ0v) is 22.8. The summed E-state index contributed by atoms with van der Waals surface area (Å²) in [5.41, 5.74) is -0.320. The number of carbonyl (C=O) groups is 2. The van der Waals surface area contributed by atoms with Crippen LogP contribution in [0.3, 0.4) is 0 Å². The van der Waals surface area contributed by atoms with Crippen LogP contribution in [-0.2, 0) is 14.4 Å². The van der Waals surface area contributed by atoms with Crippen molar-refractivity contribution in [1.29, 1.82) is 0 Å². The fourth-order valence-corrected chi connectivity index (χ4v) is 8.09. The summed E-state index contributed by atoms with van der Waals surface area (Å²) in [5.74, 6) is -1.61. The van der Waals surface area contributed by atoms with Crippen molar-refractivity contribution in [3.05, 3.63) is 12.2 Å². The van der Waals surface area contributed by atoms with Gasteiger partial charge in [-0.15, -0.1) is 0 Å². The van der Waals surface area contributed by atoms with Gasteiger partial charge in [-0.25, -0.2) is 9.59 Å². The standard InChI is InChI=1S/C26H44N2O3.C2H2O4/c1-24-12-10-21(29)18-20(24)7-8-23-22(24)11-13-25(2)19(9-14-26(23,25)30)6-5-15-27-31-17-16-28(3)4;3-1(4)2(5)6/h5-6,15,19-23,29-30H,7-14,16-18H2,1-4H3;(H,3,4)(H,5,6)/b6-5+,27-15+;/t19-,20+,21-,22-,23+,24-,25+,26-;/m0./s1. The Morgan fingerprint density at radius 3 is 2.35 bits per heavy atom. The number of nitrogens with zero attached hydrogens (tertiary/aromatic N) is 2. The fourth-order valence-electron chi connectivity index (χ4n) is 8.09. The van der Waals surface area contributed by atoms with Gasteiger partial charge < -0.3 is 30.2 Å². The zero-order chi connectivity index (χ0) is 27.4. The lowest BCUT2D eigenvalue weighted by Gasteiger charge is -2.63. The van der Waals surface area contributed by atoms with Crippen molar-refractivity contribution in [2.24, 2.45) is 39.7 Å². The molecule has 0 unspecified atom stereocenters. The maximum atomic E-state index is 12.2. The van der Waals surface area contributed by atoms with Gasteiger partial charge in [-0.3, -0.25) is 0 Å². The van der Waals surface area contributed by atoms with E-state index in [0.717, 1.165) is 51.5 Å². The Labute approximate surface area is 220 Å². The summed E-state index contributed by atoms with van der Waals surface area (Å²) in [6.07, 6.45) is 15.5. The molecule has 0 radical (unpaired) electrons. The quantitative estimate of drug-likeness (QED) is 0.180. The van der Waals surface area contributed by atoms with Crippen LogP contribution < -0.4 is 0 Å². The Morgan fingerprint density at radius 2 is 1.70 bits per heavy atom. The molecule has 0 amide bonds. The molecule has 4 saturated carbocycles. The lowest BCUT2D eigenvalue weighted by molar-refractivity contribution is -0.207. The predicted molar refractivity (Wildman–Crippen MR) is 140 cm³/mol. The van der Waals surface area contributed by atoms with Gasteiger partial charge in [0.05, 0.1) is 17.9 Å². The van der Waals surface area contributed by atoms with Gasteiger partial charge in [0.1, 0.15) is 6.61 Å². The molecule has 0 saturated heterocycles. The number of likely N-dealkylation sites (N-methyl/N-ethyl adjacent to an activating group) is 1. The molecule has 9 nitrogen and oxygen atoms in total. The molecule has 4 fully saturated rings. The summed E-state index contributed by atoms with van der Waals surface area (Å²) < 4.78 is 0. The summed E-state index contributed by atoms with van der Waals surface area (Å²) in [4.78, 5) is 25.6. The molecule has 210 valence electrons. The molecule has 4 rings (SSSR count). The second-order valence-corrected chi connectivity index (χ2v) is 12.3. The summed E-state index contributed by atoms with van der Waals surface area (Å²) in [5, 5.41) is 41.2. The molecule has 0 bridgehead atoms. The minimum absolute atomic E-state index is 0.0539. The van der Waals surface area contributed by atoms with E-state index in [0.29, 0.717) is 35.7 Å². The van der Waals surface area contributed by atoms with Crippen LogP contribution in [0.5, 0.6) is 0 Å². The SMILES string of the molecule is CN(C)CCO/N=C/C=C/[C@H]1CC[C@]2(O)[C@@H]3CC[C@@H]4C[C@@H](O)CC[C@]4(C)[C@H]3CC[C@]12C.O=C(O)C(=O)O. The average Bonchev–Trinajstić information content (AvgIpc) is 3.09. The minimum Gasteiger partial charge on any atom is -0.473 e. The highest BCUT2D eigenvalue weighted by atomic mass is 16.6. The van der Waals surface area contributed by atoms with Crippen molar-refractivity contribution in [3.63, 3.8) is 0 Å². The molecule has 0 aromatic heterocycles. The Balaban J connectivity index is 0.000000568. The van der Waals surface area contributed by atoms with Gasteiger partial charge in [-0.05, 0) is 107 Å². The number of aliphatic hydroxyl groups is 2. The van der Waals surface area contributed by atoms with Crippen LogP contribution in [0.4, 0.5) is 0 Å². The third-order valence-corrected chi connectivity index (χ3v) is 10.3. The van der Waals surface area contributed by atoms with Gasteiger partial charge in [0, 0.05) is 12.0 Å². The van der Waals surface area contributed by atoms with Gasteiger partial charge in [-0.2, -0.15) is 0 Å². The van der Waals surface area contributed by atoms with Crippen LogP contribution in [0.15, 0.2) is 17.3 Å². The largest absolute Gasteiger partial charge is 0.473 e. The number of carboxylic acid groups (broad SMARTS) is 2. The Bertz CT molecular complexity index is 865. The molecule has 4 N–H and O–H groups in total. The molecule has 9 heteroatoms. The number of oxime groups is 1. The summed E-state index contributed by atoms with van der Waals surface area (Å²) in [6.45, 7) is 6.27. The van der Waals surface area contributed by atoms with Crippen LogP contribution in [0.25, 0.3) is 0 Å². The average molecular weight is 523 g/mol. The molecule has 4 aliphatic carbocycles. The van der Waals surface area contributed by atoms with Crippen LogP contribution in [0.1, 0.15) is 71.6 Å². The number of aliphatic carboxylic acids is 2. The zero-order valence-electron chi connectivity index (χ0n) is 22.8. The lowest BCUT2D eigenvalue weighted by atomic mass is 9.43. The second-order valence-electron chi connectivity index (χ2n) is 12.3. The topological polar surface area (TPSA) is 140 Å². The van der Waals surface area contributed by atoms with Crippen LogP contribution in [0.2, 0.25) is 0 Å². The van der Waals surface area contributed by atoms with Crippen molar-refractivity contribution in [1.82, 2.24) is 4.90 Å². The normalized spacial score (nSPS) is 41.0. The Hall–Kier alpha value is -1.97. The van der Waals surface area contributed by atoms with E-state index in [1.54, 1.807) is 6.21 Å². The number of carboxylic acids is 2. The second kappa shape index (κ2) is 11.8. The van der Waals surface area contributed by atoms with Crippen molar-refractivity contribution in [2.45, 2.75) is 83.3 Å². The minimum atomic E-state index is -1.82. The van der Waals surface area contributed by atoms with Gasteiger partial charge >= 0.3 is 11.9 Å². The van der Waals surface area contributed by atoms with Crippen LogP contribution in [0, 0.1) is 34.5 Å². The summed E-state index contributed by atoms with van der Waals surface area (Å²) in [6, 6.07) is 0. The first kappa shape index (κ1) is 29.6. The monoisotopic (exact) mass is 522 g/mol. The molecule has 0 aromatic rings. The number of hydrogen-bond donors (Lipinski definition) is 4. The molecule has 4 aliphatic rings. The Morgan fingerprint density at radius 1 is 1.00 bits per heavy atom.